The Kier molecular flexibility index (Phi) is 2.87. The van der Waals surface area contributed by atoms with Crippen molar-refractivity contribution in [3.63, 3.8) is 0 Å². The van der Waals surface area contributed by atoms with Crippen LogP contribution >= 0.6 is 11.5 Å². The summed E-state index contributed by atoms with van der Waals surface area (Å²) in [5, 5.41) is 4.01. The molecular formula is C11H15N3O3S. The molecule has 3 unspecified atom stereocenters. The Labute approximate surface area is 109 Å². The number of rotatable bonds is 3. The molecular weight excluding hydrogens is 254 g/mol. The van der Waals surface area contributed by atoms with Crippen molar-refractivity contribution in [2.24, 2.45) is 0 Å². The van der Waals surface area contributed by atoms with E-state index in [4.69, 9.17) is 15.2 Å². The molecule has 0 aliphatic carbocycles. The van der Waals surface area contributed by atoms with Gasteiger partial charge in [0.15, 0.2) is 5.82 Å². The fourth-order valence-electron chi connectivity index (χ4n) is 2.66. The predicted octanol–water partition coefficient (Wildman–Crippen LogP) is 1.24. The molecule has 1 aromatic heterocycles. The van der Waals surface area contributed by atoms with Gasteiger partial charge in [0.25, 0.3) is 0 Å². The number of anilines is 2. The zero-order chi connectivity index (χ0) is 12.7. The van der Waals surface area contributed by atoms with Gasteiger partial charge in [-0.2, -0.15) is 4.37 Å². The summed E-state index contributed by atoms with van der Waals surface area (Å²) in [6.45, 7) is 0. The third-order valence-electron chi connectivity index (χ3n) is 3.53. The van der Waals surface area contributed by atoms with Crippen molar-refractivity contribution in [1.82, 2.24) is 4.37 Å². The zero-order valence-corrected chi connectivity index (χ0v) is 10.8. The Morgan fingerprint density at radius 3 is 3.06 bits per heavy atom. The van der Waals surface area contributed by atoms with E-state index in [0.717, 1.165) is 19.3 Å². The van der Waals surface area contributed by atoms with Crippen molar-refractivity contribution in [2.45, 2.75) is 37.5 Å². The minimum absolute atomic E-state index is 0.221. The molecule has 98 valence electrons. The summed E-state index contributed by atoms with van der Waals surface area (Å²) in [5.74, 6) is -0.230. The molecule has 18 heavy (non-hydrogen) atoms. The molecule has 0 spiro atoms. The summed E-state index contributed by atoms with van der Waals surface area (Å²) in [5.41, 5.74) is 6.03. The number of hydrogen-bond acceptors (Lipinski definition) is 7. The fraction of sp³-hybridized carbons (Fsp3) is 0.636. The minimum Gasteiger partial charge on any atom is -0.465 e. The van der Waals surface area contributed by atoms with Crippen molar-refractivity contribution in [2.75, 3.05) is 18.2 Å². The number of fused-ring (bicyclic) bond motifs is 2. The first-order valence-corrected chi connectivity index (χ1v) is 6.72. The molecule has 6 nitrogen and oxygen atoms in total. The summed E-state index contributed by atoms with van der Waals surface area (Å²) in [6, 6.07) is 0.243. The summed E-state index contributed by atoms with van der Waals surface area (Å²) < 4.78 is 14.5. The first-order valence-electron chi connectivity index (χ1n) is 5.94. The molecule has 0 radical (unpaired) electrons. The van der Waals surface area contributed by atoms with E-state index in [1.807, 2.05) is 0 Å². The van der Waals surface area contributed by atoms with Gasteiger partial charge in [-0.05, 0) is 30.8 Å². The largest absolute Gasteiger partial charge is 0.465 e. The maximum Gasteiger partial charge on any atom is 0.344 e. The number of carbonyl (C=O) groups is 1. The number of ether oxygens (including phenoxy) is 2. The van der Waals surface area contributed by atoms with Gasteiger partial charge < -0.3 is 20.5 Å². The van der Waals surface area contributed by atoms with E-state index in [-0.39, 0.29) is 18.0 Å². The monoisotopic (exact) mass is 269 g/mol. The summed E-state index contributed by atoms with van der Waals surface area (Å²) >= 11 is 1.19. The van der Waals surface area contributed by atoms with Crippen LogP contribution in [0, 0.1) is 0 Å². The van der Waals surface area contributed by atoms with E-state index >= 15 is 0 Å². The lowest BCUT2D eigenvalue weighted by atomic mass is 9.95. The van der Waals surface area contributed by atoms with Crippen LogP contribution in [0.5, 0.6) is 0 Å². The summed E-state index contributed by atoms with van der Waals surface area (Å²) in [7, 11) is 1.34. The topological polar surface area (TPSA) is 86.5 Å². The molecule has 2 bridgehead atoms. The summed E-state index contributed by atoms with van der Waals surface area (Å²) in [6.07, 6.45) is 3.79. The van der Waals surface area contributed by atoms with Gasteiger partial charge in [-0.1, -0.05) is 0 Å². The van der Waals surface area contributed by atoms with Gasteiger partial charge in [0.1, 0.15) is 10.6 Å². The number of carbonyl (C=O) groups excluding carboxylic acids is 1. The number of nitrogens with one attached hydrogen (secondary N) is 1. The molecule has 0 amide bonds. The first kappa shape index (κ1) is 11.7. The molecule has 3 atom stereocenters. The highest BCUT2D eigenvalue weighted by atomic mass is 32.1. The Bertz CT molecular complexity index is 476. The van der Waals surface area contributed by atoms with Crippen molar-refractivity contribution >= 4 is 28.3 Å². The van der Waals surface area contributed by atoms with Crippen molar-refractivity contribution in [1.29, 1.82) is 0 Å². The van der Waals surface area contributed by atoms with Gasteiger partial charge in [-0.3, -0.25) is 0 Å². The second kappa shape index (κ2) is 4.40. The molecule has 0 saturated carbocycles. The quantitative estimate of drug-likeness (QED) is 0.803. The molecule has 3 heterocycles. The number of nitrogen functional groups attached to an aromatic ring is 1. The normalized spacial score (nSPS) is 29.5. The second-order valence-corrected chi connectivity index (χ2v) is 5.40. The Morgan fingerprint density at radius 2 is 2.44 bits per heavy atom. The van der Waals surface area contributed by atoms with Crippen LogP contribution in [0.4, 0.5) is 10.8 Å². The van der Waals surface area contributed by atoms with Gasteiger partial charge in [0.2, 0.25) is 0 Å². The van der Waals surface area contributed by atoms with Crippen LogP contribution in [0.2, 0.25) is 0 Å². The number of nitrogens with two attached hydrogens (primary N) is 1. The standard InChI is InChI=1S/C11H15N3O3S/c1-16-11(15)8-9(12)14-18-10(8)13-6-4-5-2-3-7(6)17-5/h5-7,13H,2-4H2,1H3,(H2,12,14). The van der Waals surface area contributed by atoms with Crippen LogP contribution in [0.15, 0.2) is 0 Å². The van der Waals surface area contributed by atoms with Gasteiger partial charge in [-0.25, -0.2) is 4.79 Å². The van der Waals surface area contributed by atoms with Crippen LogP contribution in [-0.2, 0) is 9.47 Å². The molecule has 2 saturated heterocycles. The van der Waals surface area contributed by atoms with E-state index < -0.39 is 5.97 Å². The van der Waals surface area contributed by atoms with Gasteiger partial charge >= 0.3 is 5.97 Å². The zero-order valence-electron chi connectivity index (χ0n) is 10.0. The van der Waals surface area contributed by atoms with Crippen molar-refractivity contribution < 1.29 is 14.3 Å². The molecule has 2 aliphatic rings. The highest BCUT2D eigenvalue weighted by Gasteiger charge is 2.41. The highest BCUT2D eigenvalue weighted by Crippen LogP contribution is 2.38. The second-order valence-electron chi connectivity index (χ2n) is 4.62. The van der Waals surface area contributed by atoms with Crippen molar-refractivity contribution in [3.05, 3.63) is 5.56 Å². The maximum atomic E-state index is 11.6. The molecule has 2 fully saturated rings. The van der Waals surface area contributed by atoms with Crippen LogP contribution in [0.3, 0.4) is 0 Å². The lowest BCUT2D eigenvalue weighted by Crippen LogP contribution is -2.30. The van der Waals surface area contributed by atoms with Gasteiger partial charge in [-0.15, -0.1) is 0 Å². The van der Waals surface area contributed by atoms with Crippen LogP contribution < -0.4 is 11.1 Å². The van der Waals surface area contributed by atoms with E-state index in [1.54, 1.807) is 0 Å². The molecule has 1 aromatic rings. The molecule has 2 aliphatic heterocycles. The first-order chi connectivity index (χ1) is 8.69. The highest BCUT2D eigenvalue weighted by molar-refractivity contribution is 7.11. The number of hydrogen-bond donors (Lipinski definition) is 2. The molecule has 3 rings (SSSR count). The third-order valence-corrected chi connectivity index (χ3v) is 4.32. The SMILES string of the molecule is COC(=O)c1c(N)nsc1NC1CC2CCC1O2. The van der Waals surface area contributed by atoms with Crippen LogP contribution in [0.25, 0.3) is 0 Å². The van der Waals surface area contributed by atoms with Crippen LogP contribution in [0.1, 0.15) is 29.6 Å². The number of aromatic nitrogens is 1. The minimum atomic E-state index is -0.451. The van der Waals surface area contributed by atoms with E-state index in [2.05, 4.69) is 9.69 Å². The predicted molar refractivity (Wildman–Crippen MR) is 67.8 cm³/mol. The Hall–Kier alpha value is -1.34. The van der Waals surface area contributed by atoms with E-state index in [0.29, 0.717) is 16.7 Å². The lowest BCUT2D eigenvalue weighted by Gasteiger charge is -2.20. The lowest BCUT2D eigenvalue weighted by molar-refractivity contribution is 0.0603. The molecule has 0 aromatic carbocycles. The van der Waals surface area contributed by atoms with Crippen molar-refractivity contribution in [3.8, 4) is 0 Å². The Balaban J connectivity index is 1.79. The average Bonchev–Trinajstić information content (AvgIpc) is 3.05. The Morgan fingerprint density at radius 1 is 1.61 bits per heavy atom. The number of nitrogens with zero attached hydrogens (tertiary/aromatic N) is 1. The summed E-state index contributed by atoms with van der Waals surface area (Å²) in [4.78, 5) is 11.6. The van der Waals surface area contributed by atoms with E-state index in [1.165, 1.54) is 18.6 Å². The molecule has 3 N–H and O–H groups in total. The molecule has 7 heteroatoms. The van der Waals surface area contributed by atoms with Gasteiger partial charge in [0, 0.05) is 0 Å². The smallest absolute Gasteiger partial charge is 0.344 e. The third kappa shape index (κ3) is 1.83. The fourth-order valence-corrected chi connectivity index (χ4v) is 3.42. The van der Waals surface area contributed by atoms with E-state index in [9.17, 15) is 4.79 Å². The van der Waals surface area contributed by atoms with Gasteiger partial charge in [0.05, 0.1) is 25.4 Å². The maximum absolute atomic E-state index is 11.6. The number of esters is 1. The number of methoxy groups -OCH3 is 1. The average molecular weight is 269 g/mol. The van der Waals surface area contributed by atoms with Crippen LogP contribution in [-0.4, -0.2) is 35.7 Å².